The fraction of sp³-hybridized carbons (Fsp3) is 0.200. The number of nitrogens with zero attached hydrogens (tertiary/aromatic N) is 3. The first-order valence-electron chi connectivity index (χ1n) is 4.16. The average Bonchev–Trinajstić information content (AvgIpc) is 2.61. The molecule has 0 radical (unpaired) electrons. The van der Waals surface area contributed by atoms with Gasteiger partial charge in [0.2, 0.25) is 0 Å². The molecule has 1 aromatic heterocycles. The first kappa shape index (κ1) is 8.57. The lowest BCUT2D eigenvalue weighted by Gasteiger charge is -1.99. The van der Waals surface area contributed by atoms with E-state index in [1.54, 1.807) is 11.8 Å². The van der Waals surface area contributed by atoms with Gasteiger partial charge in [0.15, 0.2) is 0 Å². The van der Waals surface area contributed by atoms with Crippen LogP contribution in [0.15, 0.2) is 18.2 Å². The van der Waals surface area contributed by atoms with E-state index in [1.165, 1.54) is 0 Å². The quantitative estimate of drug-likeness (QED) is 0.660. The Morgan fingerprint density at radius 2 is 2.43 bits per heavy atom. The number of benzene rings is 1. The van der Waals surface area contributed by atoms with Crippen molar-refractivity contribution < 1.29 is 4.74 Å². The lowest BCUT2D eigenvalue weighted by Crippen LogP contribution is -1.97. The SMILES string of the molecule is C#CCn1nnc2ccc(OC)cc21. The van der Waals surface area contributed by atoms with E-state index in [0.717, 1.165) is 16.8 Å². The maximum atomic E-state index is 5.21. The summed E-state index contributed by atoms with van der Waals surface area (Å²) in [5, 5.41) is 7.90. The Hall–Kier alpha value is -2.02. The summed E-state index contributed by atoms with van der Waals surface area (Å²) in [6, 6.07) is 5.57. The maximum Gasteiger partial charge on any atom is 0.121 e. The molecule has 0 atom stereocenters. The number of ether oxygens (including phenoxy) is 1. The molecule has 0 amide bonds. The highest BCUT2D eigenvalue weighted by molar-refractivity contribution is 5.76. The molecule has 4 heteroatoms. The fourth-order valence-corrected chi connectivity index (χ4v) is 1.28. The Morgan fingerprint density at radius 3 is 3.14 bits per heavy atom. The minimum Gasteiger partial charge on any atom is -0.497 e. The third-order valence-electron chi connectivity index (χ3n) is 1.96. The molecule has 0 saturated carbocycles. The maximum absolute atomic E-state index is 5.21. The predicted octanol–water partition coefficient (Wildman–Crippen LogP) is 1.07. The van der Waals surface area contributed by atoms with Crippen molar-refractivity contribution >= 4 is 11.0 Å². The minimum atomic E-state index is 0.420. The Morgan fingerprint density at radius 1 is 1.57 bits per heavy atom. The van der Waals surface area contributed by atoms with E-state index in [0.29, 0.717) is 6.54 Å². The van der Waals surface area contributed by atoms with E-state index < -0.39 is 0 Å². The van der Waals surface area contributed by atoms with Crippen molar-refractivity contribution in [1.29, 1.82) is 0 Å². The van der Waals surface area contributed by atoms with Crippen LogP contribution in [0.2, 0.25) is 0 Å². The number of hydrogen-bond acceptors (Lipinski definition) is 3. The highest BCUT2D eigenvalue weighted by atomic mass is 16.5. The van der Waals surface area contributed by atoms with Crippen LogP contribution in [0.1, 0.15) is 0 Å². The Bertz CT molecular complexity index is 496. The zero-order chi connectivity index (χ0) is 9.97. The van der Waals surface area contributed by atoms with Gasteiger partial charge in [-0.3, -0.25) is 0 Å². The number of aromatic nitrogens is 3. The van der Waals surface area contributed by atoms with Crippen LogP contribution >= 0.6 is 0 Å². The van der Waals surface area contributed by atoms with Crippen LogP contribution < -0.4 is 4.74 Å². The largest absolute Gasteiger partial charge is 0.497 e. The van der Waals surface area contributed by atoms with Crippen LogP contribution in [0.3, 0.4) is 0 Å². The molecule has 0 spiro atoms. The van der Waals surface area contributed by atoms with Gasteiger partial charge in [-0.1, -0.05) is 11.1 Å². The van der Waals surface area contributed by atoms with E-state index in [4.69, 9.17) is 11.2 Å². The van der Waals surface area contributed by atoms with Crippen molar-refractivity contribution in [2.75, 3.05) is 7.11 Å². The Labute approximate surface area is 81.5 Å². The lowest BCUT2D eigenvalue weighted by molar-refractivity contribution is 0.415. The predicted molar refractivity (Wildman–Crippen MR) is 52.9 cm³/mol. The number of rotatable bonds is 2. The molecule has 0 aliphatic heterocycles. The highest BCUT2D eigenvalue weighted by Crippen LogP contribution is 2.18. The van der Waals surface area contributed by atoms with E-state index in [-0.39, 0.29) is 0 Å². The molecular weight excluding hydrogens is 178 g/mol. The van der Waals surface area contributed by atoms with Gasteiger partial charge in [-0.25, -0.2) is 4.68 Å². The molecule has 1 aromatic carbocycles. The van der Waals surface area contributed by atoms with Crippen molar-refractivity contribution in [2.45, 2.75) is 6.54 Å². The lowest BCUT2D eigenvalue weighted by atomic mass is 10.3. The van der Waals surface area contributed by atoms with Gasteiger partial charge >= 0.3 is 0 Å². The van der Waals surface area contributed by atoms with E-state index in [1.807, 2.05) is 18.2 Å². The van der Waals surface area contributed by atoms with E-state index >= 15 is 0 Å². The molecule has 4 nitrogen and oxygen atoms in total. The molecule has 2 aromatic rings. The smallest absolute Gasteiger partial charge is 0.121 e. The Balaban J connectivity index is 2.59. The molecule has 0 bridgehead atoms. The zero-order valence-corrected chi connectivity index (χ0v) is 7.77. The number of fused-ring (bicyclic) bond motifs is 1. The highest BCUT2D eigenvalue weighted by Gasteiger charge is 2.03. The van der Waals surface area contributed by atoms with Gasteiger partial charge in [-0.05, 0) is 12.1 Å². The van der Waals surface area contributed by atoms with Gasteiger partial charge in [0, 0.05) is 6.07 Å². The topological polar surface area (TPSA) is 39.9 Å². The molecule has 1 heterocycles. The molecule has 0 aliphatic rings. The summed E-state index contributed by atoms with van der Waals surface area (Å²) in [6.45, 7) is 0.420. The molecule has 0 unspecified atom stereocenters. The molecular formula is C10H9N3O. The summed E-state index contributed by atoms with van der Waals surface area (Å²) in [5.41, 5.74) is 1.71. The number of terminal acetylenes is 1. The van der Waals surface area contributed by atoms with Gasteiger partial charge in [-0.15, -0.1) is 11.5 Å². The van der Waals surface area contributed by atoms with E-state index in [2.05, 4.69) is 16.2 Å². The molecule has 70 valence electrons. The molecule has 2 rings (SSSR count). The first-order valence-corrected chi connectivity index (χ1v) is 4.16. The van der Waals surface area contributed by atoms with Crippen LogP contribution in [-0.2, 0) is 6.54 Å². The van der Waals surface area contributed by atoms with Gasteiger partial charge in [-0.2, -0.15) is 0 Å². The Kier molecular flexibility index (Phi) is 2.07. The standard InChI is InChI=1S/C10H9N3O/c1-3-6-13-10-7-8(14-2)4-5-9(10)11-12-13/h1,4-5,7H,6H2,2H3. The summed E-state index contributed by atoms with van der Waals surface area (Å²) in [6.07, 6.45) is 5.21. The molecule has 0 saturated heterocycles. The molecule has 14 heavy (non-hydrogen) atoms. The number of methoxy groups -OCH3 is 1. The third-order valence-corrected chi connectivity index (χ3v) is 1.96. The van der Waals surface area contributed by atoms with Crippen molar-refractivity contribution in [3.05, 3.63) is 18.2 Å². The summed E-state index contributed by atoms with van der Waals surface area (Å²) >= 11 is 0. The van der Waals surface area contributed by atoms with Gasteiger partial charge < -0.3 is 4.74 Å². The fourth-order valence-electron chi connectivity index (χ4n) is 1.28. The van der Waals surface area contributed by atoms with Gasteiger partial charge in [0.1, 0.15) is 17.8 Å². The second kappa shape index (κ2) is 3.38. The van der Waals surface area contributed by atoms with Crippen LogP contribution in [-0.4, -0.2) is 22.1 Å². The normalized spacial score (nSPS) is 10.0. The summed E-state index contributed by atoms with van der Waals surface area (Å²) in [5.74, 6) is 3.30. The van der Waals surface area contributed by atoms with Crippen molar-refractivity contribution in [3.63, 3.8) is 0 Å². The average molecular weight is 187 g/mol. The molecule has 0 fully saturated rings. The summed E-state index contributed by atoms with van der Waals surface area (Å²) in [7, 11) is 1.62. The first-order chi connectivity index (χ1) is 6.85. The van der Waals surface area contributed by atoms with Crippen LogP contribution in [0.4, 0.5) is 0 Å². The van der Waals surface area contributed by atoms with Crippen molar-refractivity contribution in [2.24, 2.45) is 0 Å². The monoisotopic (exact) mass is 187 g/mol. The van der Waals surface area contributed by atoms with Crippen LogP contribution in [0.5, 0.6) is 5.75 Å². The second-order valence-corrected chi connectivity index (χ2v) is 2.81. The summed E-state index contributed by atoms with van der Waals surface area (Å²) in [4.78, 5) is 0. The van der Waals surface area contributed by atoms with Crippen LogP contribution in [0, 0.1) is 12.3 Å². The van der Waals surface area contributed by atoms with Gasteiger partial charge in [0.25, 0.3) is 0 Å². The third kappa shape index (κ3) is 1.29. The van der Waals surface area contributed by atoms with Gasteiger partial charge in [0.05, 0.1) is 12.6 Å². The van der Waals surface area contributed by atoms with Crippen molar-refractivity contribution in [3.8, 4) is 18.1 Å². The molecule has 0 aliphatic carbocycles. The minimum absolute atomic E-state index is 0.420. The zero-order valence-electron chi connectivity index (χ0n) is 7.77. The number of hydrogen-bond donors (Lipinski definition) is 0. The van der Waals surface area contributed by atoms with E-state index in [9.17, 15) is 0 Å². The van der Waals surface area contributed by atoms with Crippen molar-refractivity contribution in [1.82, 2.24) is 15.0 Å². The second-order valence-electron chi connectivity index (χ2n) is 2.81. The molecule has 0 N–H and O–H groups in total. The van der Waals surface area contributed by atoms with Crippen LogP contribution in [0.25, 0.3) is 11.0 Å². The summed E-state index contributed by atoms with van der Waals surface area (Å²) < 4.78 is 6.77.